The highest BCUT2D eigenvalue weighted by Crippen LogP contribution is 2.20. The van der Waals surface area contributed by atoms with Crippen LogP contribution in [-0.4, -0.2) is 32.1 Å². The van der Waals surface area contributed by atoms with E-state index in [-0.39, 0.29) is 5.78 Å². The summed E-state index contributed by atoms with van der Waals surface area (Å²) in [5, 5.41) is 2.09. The Morgan fingerprint density at radius 2 is 1.91 bits per heavy atom. The quantitative estimate of drug-likeness (QED) is 0.788. The van der Waals surface area contributed by atoms with Crippen molar-refractivity contribution < 1.29 is 9.53 Å². The minimum absolute atomic E-state index is 0.223. The van der Waals surface area contributed by atoms with Crippen molar-refractivity contribution in [3.8, 4) is 0 Å². The molecule has 2 heterocycles. The molecule has 0 saturated carbocycles. The maximum Gasteiger partial charge on any atom is 0.163 e. The van der Waals surface area contributed by atoms with Gasteiger partial charge in [-0.05, 0) is 54.6 Å². The Bertz CT molecular complexity index is 627. The van der Waals surface area contributed by atoms with Gasteiger partial charge in [-0.2, -0.15) is 0 Å². The van der Waals surface area contributed by atoms with E-state index in [0.717, 1.165) is 38.3 Å². The Morgan fingerprint density at radius 3 is 2.55 bits per heavy atom. The Labute approximate surface area is 135 Å². The number of thiophene rings is 1. The average molecular weight is 315 g/mol. The summed E-state index contributed by atoms with van der Waals surface area (Å²) < 4.78 is 5.37. The van der Waals surface area contributed by atoms with Crippen LogP contribution in [0.15, 0.2) is 35.7 Å². The van der Waals surface area contributed by atoms with Gasteiger partial charge in [0, 0.05) is 35.6 Å². The number of aryl methyl sites for hydroxylation is 2. The van der Waals surface area contributed by atoms with Crippen LogP contribution in [0.3, 0.4) is 0 Å². The monoisotopic (exact) mass is 315 g/mol. The highest BCUT2D eigenvalue weighted by Gasteiger charge is 2.12. The third-order valence-corrected chi connectivity index (χ3v) is 5.20. The topological polar surface area (TPSA) is 29.5 Å². The van der Waals surface area contributed by atoms with Crippen molar-refractivity contribution in [3.63, 3.8) is 0 Å². The van der Waals surface area contributed by atoms with Crippen molar-refractivity contribution in [1.29, 1.82) is 0 Å². The summed E-state index contributed by atoms with van der Waals surface area (Å²) in [6.07, 6.45) is 1.42. The lowest BCUT2D eigenvalue weighted by Crippen LogP contribution is -2.36. The number of rotatable bonds is 5. The first-order chi connectivity index (χ1) is 10.7. The van der Waals surface area contributed by atoms with Gasteiger partial charge in [0.15, 0.2) is 5.78 Å². The third kappa shape index (κ3) is 3.57. The van der Waals surface area contributed by atoms with Crippen LogP contribution in [0.2, 0.25) is 0 Å². The second-order valence-electron chi connectivity index (χ2n) is 5.60. The van der Waals surface area contributed by atoms with Crippen LogP contribution in [0.5, 0.6) is 0 Å². The average Bonchev–Trinajstić information content (AvgIpc) is 2.99. The minimum Gasteiger partial charge on any atom is -0.378 e. The number of hydrogen-bond donors (Lipinski definition) is 0. The second-order valence-corrected chi connectivity index (χ2v) is 6.60. The Kier molecular flexibility index (Phi) is 4.90. The fourth-order valence-corrected chi connectivity index (χ4v) is 3.62. The normalized spacial score (nSPS) is 15.0. The number of morpholine rings is 1. The van der Waals surface area contributed by atoms with Crippen molar-refractivity contribution in [2.75, 3.05) is 31.2 Å². The Balaban J connectivity index is 1.59. The molecular weight excluding hydrogens is 294 g/mol. The van der Waals surface area contributed by atoms with Crippen LogP contribution >= 0.6 is 11.3 Å². The summed E-state index contributed by atoms with van der Waals surface area (Å²) in [7, 11) is 0. The maximum absolute atomic E-state index is 12.3. The van der Waals surface area contributed by atoms with Gasteiger partial charge < -0.3 is 9.64 Å². The van der Waals surface area contributed by atoms with E-state index < -0.39 is 0 Å². The molecule has 1 saturated heterocycles. The van der Waals surface area contributed by atoms with E-state index >= 15 is 0 Å². The molecule has 1 fully saturated rings. The lowest BCUT2D eigenvalue weighted by atomic mass is 10.0. The Morgan fingerprint density at radius 1 is 1.18 bits per heavy atom. The molecule has 0 unspecified atom stereocenters. The maximum atomic E-state index is 12.3. The fourth-order valence-electron chi connectivity index (χ4n) is 2.71. The van der Waals surface area contributed by atoms with Crippen LogP contribution in [0.4, 0.5) is 5.69 Å². The SMILES string of the molecule is Cc1ccsc1CCC(=O)c1ccc(N2CCOCC2)cc1. The van der Waals surface area contributed by atoms with E-state index in [1.54, 1.807) is 11.3 Å². The molecule has 1 aliphatic rings. The lowest BCUT2D eigenvalue weighted by molar-refractivity contribution is 0.0983. The zero-order valence-electron chi connectivity index (χ0n) is 12.9. The predicted molar refractivity (Wildman–Crippen MR) is 91.2 cm³/mol. The summed E-state index contributed by atoms with van der Waals surface area (Å²) >= 11 is 1.74. The largest absolute Gasteiger partial charge is 0.378 e. The number of ketones is 1. The van der Waals surface area contributed by atoms with Gasteiger partial charge in [0.05, 0.1) is 13.2 Å². The molecule has 1 aliphatic heterocycles. The number of anilines is 1. The van der Waals surface area contributed by atoms with Crippen molar-refractivity contribution in [2.24, 2.45) is 0 Å². The highest BCUT2D eigenvalue weighted by molar-refractivity contribution is 7.10. The van der Waals surface area contributed by atoms with E-state index in [9.17, 15) is 4.79 Å². The van der Waals surface area contributed by atoms with E-state index in [0.29, 0.717) is 6.42 Å². The van der Waals surface area contributed by atoms with Crippen LogP contribution in [-0.2, 0) is 11.2 Å². The first-order valence-electron chi connectivity index (χ1n) is 7.73. The summed E-state index contributed by atoms with van der Waals surface area (Å²) in [4.78, 5) is 15.9. The van der Waals surface area contributed by atoms with Crippen molar-refractivity contribution >= 4 is 22.8 Å². The predicted octanol–water partition coefficient (Wildman–Crippen LogP) is 3.71. The smallest absolute Gasteiger partial charge is 0.163 e. The zero-order chi connectivity index (χ0) is 15.4. The molecule has 0 aliphatic carbocycles. The molecule has 3 nitrogen and oxygen atoms in total. The van der Waals surface area contributed by atoms with Crippen LogP contribution in [0.25, 0.3) is 0 Å². The summed E-state index contributed by atoms with van der Waals surface area (Å²) in [5.41, 5.74) is 3.28. The molecule has 22 heavy (non-hydrogen) atoms. The van der Waals surface area contributed by atoms with Crippen LogP contribution < -0.4 is 4.90 Å². The van der Waals surface area contributed by atoms with Gasteiger partial charge in [-0.15, -0.1) is 11.3 Å². The number of carbonyl (C=O) groups is 1. The van der Waals surface area contributed by atoms with Gasteiger partial charge in [-0.25, -0.2) is 0 Å². The van der Waals surface area contributed by atoms with Gasteiger partial charge in [-0.3, -0.25) is 4.79 Å². The summed E-state index contributed by atoms with van der Waals surface area (Å²) in [6, 6.07) is 10.1. The molecule has 0 N–H and O–H groups in total. The minimum atomic E-state index is 0.223. The zero-order valence-corrected chi connectivity index (χ0v) is 13.7. The molecule has 2 aromatic rings. The van der Waals surface area contributed by atoms with Gasteiger partial charge >= 0.3 is 0 Å². The molecule has 4 heteroatoms. The van der Waals surface area contributed by atoms with Gasteiger partial charge in [0.2, 0.25) is 0 Å². The molecule has 1 aromatic carbocycles. The second kappa shape index (κ2) is 7.07. The summed E-state index contributed by atoms with van der Waals surface area (Å²) in [6.45, 7) is 5.50. The first-order valence-corrected chi connectivity index (χ1v) is 8.61. The standard InChI is InChI=1S/C18H21NO2S/c1-14-8-13-22-18(14)7-6-17(20)15-2-4-16(5-3-15)19-9-11-21-12-10-19/h2-5,8,13H,6-7,9-12H2,1H3. The van der Waals surface area contributed by atoms with Crippen molar-refractivity contribution in [2.45, 2.75) is 19.8 Å². The van der Waals surface area contributed by atoms with Gasteiger partial charge in [-0.1, -0.05) is 0 Å². The number of Topliss-reactive ketones (excluding diaryl/α,β-unsaturated/α-hetero) is 1. The molecule has 0 bridgehead atoms. The molecule has 0 amide bonds. The number of carbonyl (C=O) groups excluding carboxylic acids is 1. The first kappa shape index (κ1) is 15.3. The van der Waals surface area contributed by atoms with Crippen LogP contribution in [0.1, 0.15) is 27.2 Å². The molecular formula is C18H21NO2S. The van der Waals surface area contributed by atoms with Crippen LogP contribution in [0, 0.1) is 6.92 Å². The van der Waals surface area contributed by atoms with E-state index in [1.807, 2.05) is 12.1 Å². The molecule has 0 spiro atoms. The molecule has 0 radical (unpaired) electrons. The number of benzene rings is 1. The van der Waals surface area contributed by atoms with E-state index in [2.05, 4.69) is 35.4 Å². The van der Waals surface area contributed by atoms with E-state index in [4.69, 9.17) is 4.74 Å². The molecule has 116 valence electrons. The molecule has 1 aromatic heterocycles. The lowest BCUT2D eigenvalue weighted by Gasteiger charge is -2.28. The van der Waals surface area contributed by atoms with E-state index in [1.165, 1.54) is 16.1 Å². The Hall–Kier alpha value is -1.65. The number of hydrogen-bond acceptors (Lipinski definition) is 4. The molecule has 0 atom stereocenters. The molecule has 3 rings (SSSR count). The fraction of sp³-hybridized carbons (Fsp3) is 0.389. The van der Waals surface area contributed by atoms with Gasteiger partial charge in [0.1, 0.15) is 0 Å². The van der Waals surface area contributed by atoms with Crippen molar-refractivity contribution in [1.82, 2.24) is 0 Å². The van der Waals surface area contributed by atoms with Gasteiger partial charge in [0.25, 0.3) is 0 Å². The number of ether oxygens (including phenoxy) is 1. The summed E-state index contributed by atoms with van der Waals surface area (Å²) in [5.74, 6) is 0.223. The van der Waals surface area contributed by atoms with Crippen molar-refractivity contribution in [3.05, 3.63) is 51.7 Å². The highest BCUT2D eigenvalue weighted by atomic mass is 32.1. The number of nitrogens with zero attached hydrogens (tertiary/aromatic N) is 1. The third-order valence-electron chi connectivity index (χ3n) is 4.11.